The van der Waals surface area contributed by atoms with Gasteiger partial charge in [-0.1, -0.05) is 37.3 Å². The summed E-state index contributed by atoms with van der Waals surface area (Å²) in [6.45, 7) is 7.19. The van der Waals surface area contributed by atoms with Crippen molar-refractivity contribution in [1.29, 1.82) is 0 Å². The van der Waals surface area contributed by atoms with E-state index in [2.05, 4.69) is 19.1 Å². The first kappa shape index (κ1) is 14.7. The molecule has 0 saturated heterocycles. The summed E-state index contributed by atoms with van der Waals surface area (Å²) in [6.07, 6.45) is 0.990. The number of rotatable bonds is 7. The summed E-state index contributed by atoms with van der Waals surface area (Å²) in [5, 5.41) is 8.89. The summed E-state index contributed by atoms with van der Waals surface area (Å²) in [5.74, 6) is -0.301. The van der Waals surface area contributed by atoms with Crippen LogP contribution in [0.2, 0.25) is 0 Å². The Morgan fingerprint density at radius 3 is 2.33 bits per heavy atom. The van der Waals surface area contributed by atoms with Gasteiger partial charge in [0.2, 0.25) is 0 Å². The molecule has 3 nitrogen and oxygen atoms in total. The van der Waals surface area contributed by atoms with Crippen molar-refractivity contribution < 1.29 is 9.90 Å². The van der Waals surface area contributed by atoms with Crippen LogP contribution in [0.1, 0.15) is 26.3 Å². The zero-order valence-electron chi connectivity index (χ0n) is 11.5. The molecule has 0 heterocycles. The van der Waals surface area contributed by atoms with E-state index in [4.69, 9.17) is 5.11 Å². The number of carboxylic acids is 1. The van der Waals surface area contributed by atoms with E-state index in [1.165, 1.54) is 5.56 Å². The fraction of sp³-hybridized carbons (Fsp3) is 0.533. The largest absolute Gasteiger partial charge is 0.480 e. The summed E-state index contributed by atoms with van der Waals surface area (Å²) in [5.41, 5.74) is 1.31. The van der Waals surface area contributed by atoms with E-state index in [1.54, 1.807) is 0 Å². The lowest BCUT2D eigenvalue weighted by Crippen LogP contribution is -2.39. The van der Waals surface area contributed by atoms with Crippen LogP contribution in [0.3, 0.4) is 0 Å². The van der Waals surface area contributed by atoms with E-state index in [1.807, 2.05) is 36.9 Å². The third kappa shape index (κ3) is 5.32. The molecule has 0 aliphatic rings. The van der Waals surface area contributed by atoms with Gasteiger partial charge in [0.15, 0.2) is 0 Å². The van der Waals surface area contributed by atoms with Crippen molar-refractivity contribution in [2.75, 3.05) is 13.1 Å². The van der Waals surface area contributed by atoms with Gasteiger partial charge >= 0.3 is 5.97 Å². The highest BCUT2D eigenvalue weighted by atomic mass is 16.4. The van der Waals surface area contributed by atoms with Crippen LogP contribution in [-0.4, -0.2) is 35.1 Å². The summed E-state index contributed by atoms with van der Waals surface area (Å²) >= 11 is 0. The van der Waals surface area contributed by atoms with Crippen LogP contribution in [0.15, 0.2) is 30.3 Å². The third-order valence-electron chi connectivity index (χ3n) is 3.04. The minimum Gasteiger partial charge on any atom is -0.480 e. The molecule has 0 bridgehead atoms. The molecule has 1 unspecified atom stereocenters. The molecule has 18 heavy (non-hydrogen) atoms. The molecule has 0 radical (unpaired) electrons. The Hall–Kier alpha value is -1.35. The molecule has 100 valence electrons. The van der Waals surface area contributed by atoms with Crippen LogP contribution in [0, 0.1) is 5.92 Å². The second-order valence-corrected chi connectivity index (χ2v) is 5.21. The molecule has 0 fully saturated rings. The van der Waals surface area contributed by atoms with Crippen molar-refractivity contribution in [3.8, 4) is 0 Å². The fourth-order valence-electron chi connectivity index (χ4n) is 2.11. The monoisotopic (exact) mass is 249 g/mol. The number of hydrogen-bond donors (Lipinski definition) is 1. The Morgan fingerprint density at radius 1 is 1.22 bits per heavy atom. The van der Waals surface area contributed by atoms with Gasteiger partial charge in [-0.15, -0.1) is 0 Å². The van der Waals surface area contributed by atoms with Crippen LogP contribution in [0.25, 0.3) is 0 Å². The van der Waals surface area contributed by atoms with Crippen molar-refractivity contribution in [2.45, 2.75) is 33.2 Å². The third-order valence-corrected chi connectivity index (χ3v) is 3.04. The first-order valence-corrected chi connectivity index (χ1v) is 6.48. The quantitative estimate of drug-likeness (QED) is 0.807. The molecule has 0 aliphatic heterocycles. The maximum atomic E-state index is 10.8. The van der Waals surface area contributed by atoms with Crippen molar-refractivity contribution in [2.24, 2.45) is 5.92 Å². The van der Waals surface area contributed by atoms with Crippen LogP contribution in [-0.2, 0) is 11.2 Å². The van der Waals surface area contributed by atoms with Gasteiger partial charge in [0.05, 0.1) is 6.54 Å². The minimum absolute atomic E-state index is 0.122. The average Bonchev–Trinajstić information content (AvgIpc) is 2.28. The first-order chi connectivity index (χ1) is 8.49. The van der Waals surface area contributed by atoms with Crippen LogP contribution < -0.4 is 0 Å². The normalized spacial score (nSPS) is 12.9. The molecule has 0 saturated carbocycles. The predicted octanol–water partition coefficient (Wildman–Crippen LogP) is 2.66. The molecule has 1 atom stereocenters. The Morgan fingerprint density at radius 2 is 1.83 bits per heavy atom. The number of nitrogens with zero attached hydrogens (tertiary/aromatic N) is 1. The number of benzene rings is 1. The molecular weight excluding hydrogens is 226 g/mol. The Labute approximate surface area is 109 Å². The van der Waals surface area contributed by atoms with Gasteiger partial charge in [-0.25, -0.2) is 0 Å². The second kappa shape index (κ2) is 7.17. The lowest BCUT2D eigenvalue weighted by molar-refractivity contribution is -0.138. The van der Waals surface area contributed by atoms with E-state index in [0.717, 1.165) is 13.0 Å². The van der Waals surface area contributed by atoms with Gasteiger partial charge in [0.25, 0.3) is 0 Å². The summed E-state index contributed by atoms with van der Waals surface area (Å²) in [6, 6.07) is 10.6. The molecule has 1 N–H and O–H groups in total. The highest BCUT2D eigenvalue weighted by Gasteiger charge is 2.16. The Bertz CT molecular complexity index is 362. The van der Waals surface area contributed by atoms with Crippen LogP contribution in [0.4, 0.5) is 0 Å². The number of carbonyl (C=O) groups is 1. The van der Waals surface area contributed by atoms with Crippen LogP contribution in [0.5, 0.6) is 0 Å². The maximum Gasteiger partial charge on any atom is 0.317 e. The summed E-state index contributed by atoms with van der Waals surface area (Å²) in [4.78, 5) is 12.8. The average molecular weight is 249 g/mol. The van der Waals surface area contributed by atoms with Gasteiger partial charge in [-0.2, -0.15) is 0 Å². The number of carboxylic acid groups (broad SMARTS) is 1. The summed E-state index contributed by atoms with van der Waals surface area (Å²) < 4.78 is 0. The molecule has 0 amide bonds. The number of aliphatic carboxylic acids is 1. The SMILES string of the molecule is CC(Cc1ccccc1)CN(CC(=O)O)C(C)C. The van der Waals surface area contributed by atoms with Gasteiger partial charge in [-0.05, 0) is 31.7 Å². The van der Waals surface area contributed by atoms with E-state index in [0.29, 0.717) is 5.92 Å². The van der Waals surface area contributed by atoms with Crippen molar-refractivity contribution in [3.05, 3.63) is 35.9 Å². The molecular formula is C15H23NO2. The number of hydrogen-bond acceptors (Lipinski definition) is 2. The Balaban J connectivity index is 2.51. The Kier molecular flexibility index (Phi) is 5.86. The predicted molar refractivity (Wildman–Crippen MR) is 73.7 cm³/mol. The van der Waals surface area contributed by atoms with Gasteiger partial charge in [-0.3, -0.25) is 9.69 Å². The molecule has 1 aromatic carbocycles. The van der Waals surface area contributed by atoms with Gasteiger partial charge < -0.3 is 5.11 Å². The lowest BCUT2D eigenvalue weighted by Gasteiger charge is -2.27. The zero-order valence-corrected chi connectivity index (χ0v) is 11.5. The highest BCUT2D eigenvalue weighted by molar-refractivity contribution is 5.69. The highest BCUT2D eigenvalue weighted by Crippen LogP contribution is 2.11. The van der Waals surface area contributed by atoms with E-state index in [9.17, 15) is 4.79 Å². The minimum atomic E-state index is -0.754. The van der Waals surface area contributed by atoms with Crippen LogP contribution >= 0.6 is 0 Å². The van der Waals surface area contributed by atoms with Crippen molar-refractivity contribution in [3.63, 3.8) is 0 Å². The molecule has 0 aliphatic carbocycles. The standard InChI is InChI=1S/C15H23NO2/c1-12(2)16(11-15(17)18)10-13(3)9-14-7-5-4-6-8-14/h4-8,12-13H,9-11H2,1-3H3,(H,17,18). The molecule has 1 rings (SSSR count). The molecule has 0 spiro atoms. The fourth-order valence-corrected chi connectivity index (χ4v) is 2.11. The molecule has 0 aromatic heterocycles. The van der Waals surface area contributed by atoms with E-state index in [-0.39, 0.29) is 12.6 Å². The topological polar surface area (TPSA) is 40.5 Å². The zero-order chi connectivity index (χ0) is 13.5. The van der Waals surface area contributed by atoms with E-state index >= 15 is 0 Å². The lowest BCUT2D eigenvalue weighted by atomic mass is 10.00. The molecule has 3 heteroatoms. The van der Waals surface area contributed by atoms with Crippen molar-refractivity contribution >= 4 is 5.97 Å². The van der Waals surface area contributed by atoms with Gasteiger partial charge in [0, 0.05) is 12.6 Å². The first-order valence-electron chi connectivity index (χ1n) is 6.48. The second-order valence-electron chi connectivity index (χ2n) is 5.21. The maximum absolute atomic E-state index is 10.8. The molecule has 1 aromatic rings. The smallest absolute Gasteiger partial charge is 0.317 e. The van der Waals surface area contributed by atoms with Gasteiger partial charge in [0.1, 0.15) is 0 Å². The van der Waals surface area contributed by atoms with E-state index < -0.39 is 5.97 Å². The van der Waals surface area contributed by atoms with Crippen molar-refractivity contribution in [1.82, 2.24) is 4.90 Å². The summed E-state index contributed by atoms with van der Waals surface area (Å²) in [7, 11) is 0.